The Bertz CT molecular complexity index is 464. The van der Waals surface area contributed by atoms with Crippen LogP contribution in [-0.4, -0.2) is 30.9 Å². The molecule has 1 aromatic carbocycles. The molecule has 1 atom stereocenters. The summed E-state index contributed by atoms with van der Waals surface area (Å²) in [5, 5.41) is 2.74. The summed E-state index contributed by atoms with van der Waals surface area (Å²) in [6.45, 7) is 2.66. The van der Waals surface area contributed by atoms with Crippen LogP contribution in [0, 0.1) is 5.92 Å². The monoisotopic (exact) mass is 325 g/mol. The van der Waals surface area contributed by atoms with Crippen molar-refractivity contribution in [2.45, 2.75) is 19.4 Å². The van der Waals surface area contributed by atoms with Crippen LogP contribution in [0.3, 0.4) is 0 Å². The van der Waals surface area contributed by atoms with Crippen molar-refractivity contribution in [1.82, 2.24) is 10.2 Å². The van der Waals surface area contributed by atoms with Gasteiger partial charge in [0.15, 0.2) is 0 Å². The first-order valence-corrected chi connectivity index (χ1v) is 7.37. The van der Waals surface area contributed by atoms with Crippen LogP contribution in [0.4, 0.5) is 5.69 Å². The molecule has 1 fully saturated rings. The normalized spacial score (nSPS) is 20.2. The van der Waals surface area contributed by atoms with Crippen LogP contribution < -0.4 is 11.1 Å². The Morgan fingerprint density at radius 3 is 3.05 bits per heavy atom. The fourth-order valence-electron chi connectivity index (χ4n) is 2.57. The highest BCUT2D eigenvalue weighted by molar-refractivity contribution is 9.10. The molecule has 19 heavy (non-hydrogen) atoms. The number of piperidine rings is 1. The van der Waals surface area contributed by atoms with Crippen molar-refractivity contribution < 1.29 is 4.79 Å². The highest BCUT2D eigenvalue weighted by atomic mass is 79.9. The molecule has 0 radical (unpaired) electrons. The number of hydrogen-bond donors (Lipinski definition) is 2. The smallest absolute Gasteiger partial charge is 0.224 e. The van der Waals surface area contributed by atoms with Gasteiger partial charge >= 0.3 is 0 Å². The molecule has 2 rings (SSSR count). The van der Waals surface area contributed by atoms with Gasteiger partial charge in [0.2, 0.25) is 5.91 Å². The van der Waals surface area contributed by atoms with Crippen molar-refractivity contribution >= 4 is 27.5 Å². The molecule has 0 saturated carbocycles. The van der Waals surface area contributed by atoms with E-state index in [2.05, 4.69) is 26.1 Å². The summed E-state index contributed by atoms with van der Waals surface area (Å²) in [4.78, 5) is 14.0. The summed E-state index contributed by atoms with van der Waals surface area (Å²) in [6.07, 6.45) is 2.04. The molecule has 1 aliphatic rings. The van der Waals surface area contributed by atoms with Crippen LogP contribution in [0.25, 0.3) is 0 Å². The minimum absolute atomic E-state index is 0.107. The third-order valence-corrected chi connectivity index (χ3v) is 4.12. The molecule has 1 unspecified atom stereocenters. The van der Waals surface area contributed by atoms with Gasteiger partial charge in [-0.1, -0.05) is 22.0 Å². The lowest BCUT2D eigenvalue weighted by Crippen LogP contribution is -2.41. The molecule has 104 valence electrons. The van der Waals surface area contributed by atoms with Gasteiger partial charge in [0.1, 0.15) is 0 Å². The van der Waals surface area contributed by atoms with Gasteiger partial charge in [-0.2, -0.15) is 0 Å². The summed E-state index contributed by atoms with van der Waals surface area (Å²) < 4.78 is 0.996. The third-order valence-electron chi connectivity index (χ3n) is 3.62. The molecular weight excluding hydrogens is 306 g/mol. The molecular formula is C14H20BrN3O. The van der Waals surface area contributed by atoms with Crippen LogP contribution >= 0.6 is 15.9 Å². The fourth-order valence-corrected chi connectivity index (χ4v) is 2.95. The first kappa shape index (κ1) is 14.3. The van der Waals surface area contributed by atoms with E-state index in [0.717, 1.165) is 48.2 Å². The summed E-state index contributed by atoms with van der Waals surface area (Å²) >= 11 is 3.41. The van der Waals surface area contributed by atoms with Crippen LogP contribution in [0.5, 0.6) is 0 Å². The lowest BCUT2D eigenvalue weighted by molar-refractivity contribution is -0.126. The lowest BCUT2D eigenvalue weighted by Gasteiger charge is -2.32. The van der Waals surface area contributed by atoms with Gasteiger partial charge in [0, 0.05) is 30.3 Å². The van der Waals surface area contributed by atoms with E-state index in [0.29, 0.717) is 0 Å². The molecule has 3 N–H and O–H groups in total. The molecule has 0 aromatic heterocycles. The number of nitrogens with one attached hydrogen (secondary N) is 1. The molecule has 4 nitrogen and oxygen atoms in total. The number of carbonyl (C=O) groups is 1. The third kappa shape index (κ3) is 3.70. The number of amides is 1. The Hall–Kier alpha value is -1.07. The summed E-state index contributed by atoms with van der Waals surface area (Å²) in [5.74, 6) is 0.254. The molecule has 1 heterocycles. The van der Waals surface area contributed by atoms with Gasteiger partial charge < -0.3 is 11.1 Å². The lowest BCUT2D eigenvalue weighted by atomic mass is 9.96. The van der Waals surface area contributed by atoms with Crippen molar-refractivity contribution in [2.75, 3.05) is 25.9 Å². The SMILES string of the molecule is CNC(=O)C1CCCN(Cc2ccc(Br)cc2N)C1. The Morgan fingerprint density at radius 2 is 2.37 bits per heavy atom. The minimum Gasteiger partial charge on any atom is -0.398 e. The largest absolute Gasteiger partial charge is 0.398 e. The number of carbonyl (C=O) groups excluding carboxylic acids is 1. The number of nitrogen functional groups attached to an aromatic ring is 1. The molecule has 0 aliphatic carbocycles. The van der Waals surface area contributed by atoms with Gasteiger partial charge in [-0.05, 0) is 37.1 Å². The average molecular weight is 326 g/mol. The van der Waals surface area contributed by atoms with E-state index in [-0.39, 0.29) is 11.8 Å². The second-order valence-corrected chi connectivity index (χ2v) is 5.95. The van der Waals surface area contributed by atoms with Crippen molar-refractivity contribution in [3.05, 3.63) is 28.2 Å². The van der Waals surface area contributed by atoms with Gasteiger partial charge in [0.25, 0.3) is 0 Å². The number of halogens is 1. The summed E-state index contributed by atoms with van der Waals surface area (Å²) in [5.41, 5.74) is 7.95. The Labute approximate surface area is 122 Å². The molecule has 1 saturated heterocycles. The topological polar surface area (TPSA) is 58.4 Å². The maximum absolute atomic E-state index is 11.7. The Kier molecular flexibility index (Phi) is 4.82. The molecule has 1 amide bonds. The minimum atomic E-state index is 0.107. The highest BCUT2D eigenvalue weighted by Crippen LogP contribution is 2.23. The second-order valence-electron chi connectivity index (χ2n) is 5.03. The number of likely N-dealkylation sites (tertiary alicyclic amines) is 1. The summed E-state index contributed by atoms with van der Waals surface area (Å²) in [7, 11) is 1.70. The van der Waals surface area contributed by atoms with Crippen LogP contribution in [0.15, 0.2) is 22.7 Å². The van der Waals surface area contributed by atoms with Gasteiger partial charge in [-0.15, -0.1) is 0 Å². The average Bonchev–Trinajstić information content (AvgIpc) is 2.41. The highest BCUT2D eigenvalue weighted by Gasteiger charge is 2.25. The number of nitrogens with two attached hydrogens (primary N) is 1. The van der Waals surface area contributed by atoms with Crippen molar-refractivity contribution in [3.8, 4) is 0 Å². The zero-order chi connectivity index (χ0) is 13.8. The Morgan fingerprint density at radius 1 is 1.58 bits per heavy atom. The summed E-state index contributed by atoms with van der Waals surface area (Å²) in [6, 6.07) is 5.98. The van der Waals surface area contributed by atoms with E-state index >= 15 is 0 Å². The Balaban J connectivity index is 2.00. The quantitative estimate of drug-likeness (QED) is 0.835. The predicted octanol–water partition coefficient (Wildman–Crippen LogP) is 1.99. The van der Waals surface area contributed by atoms with E-state index in [9.17, 15) is 4.79 Å². The first-order valence-electron chi connectivity index (χ1n) is 6.58. The number of hydrogen-bond acceptors (Lipinski definition) is 3. The van der Waals surface area contributed by atoms with Gasteiger partial charge in [0.05, 0.1) is 5.92 Å². The maximum Gasteiger partial charge on any atom is 0.224 e. The molecule has 5 heteroatoms. The van der Waals surface area contributed by atoms with E-state index in [1.165, 1.54) is 0 Å². The van der Waals surface area contributed by atoms with Crippen molar-refractivity contribution in [3.63, 3.8) is 0 Å². The van der Waals surface area contributed by atoms with Crippen LogP contribution in [0.1, 0.15) is 18.4 Å². The van der Waals surface area contributed by atoms with Crippen LogP contribution in [-0.2, 0) is 11.3 Å². The fraction of sp³-hybridized carbons (Fsp3) is 0.500. The zero-order valence-corrected chi connectivity index (χ0v) is 12.7. The predicted molar refractivity (Wildman–Crippen MR) is 80.6 cm³/mol. The molecule has 1 aliphatic heterocycles. The van der Waals surface area contributed by atoms with E-state index in [1.807, 2.05) is 18.2 Å². The zero-order valence-electron chi connectivity index (χ0n) is 11.2. The van der Waals surface area contributed by atoms with Crippen molar-refractivity contribution in [1.29, 1.82) is 0 Å². The van der Waals surface area contributed by atoms with Crippen LogP contribution in [0.2, 0.25) is 0 Å². The van der Waals surface area contributed by atoms with E-state index < -0.39 is 0 Å². The molecule has 0 bridgehead atoms. The standard InChI is InChI=1S/C14H20BrN3O/c1-17-14(19)11-3-2-6-18(9-11)8-10-4-5-12(15)7-13(10)16/h4-5,7,11H,2-3,6,8-9,16H2,1H3,(H,17,19). The van der Waals surface area contributed by atoms with Gasteiger partial charge in [-0.25, -0.2) is 0 Å². The van der Waals surface area contributed by atoms with E-state index in [4.69, 9.17) is 5.73 Å². The van der Waals surface area contributed by atoms with E-state index in [1.54, 1.807) is 7.05 Å². The number of rotatable bonds is 3. The maximum atomic E-state index is 11.7. The first-order chi connectivity index (χ1) is 9.10. The van der Waals surface area contributed by atoms with Crippen molar-refractivity contribution in [2.24, 2.45) is 5.92 Å². The number of benzene rings is 1. The molecule has 0 spiro atoms. The number of anilines is 1. The van der Waals surface area contributed by atoms with Gasteiger partial charge in [-0.3, -0.25) is 9.69 Å². The second kappa shape index (κ2) is 6.39. The molecule has 1 aromatic rings. The number of nitrogens with zero attached hydrogens (tertiary/aromatic N) is 1.